The summed E-state index contributed by atoms with van der Waals surface area (Å²) in [4.78, 5) is 0. The molecule has 0 saturated heterocycles. The number of alkyl halides is 3. The molecule has 3 N–H and O–H groups in total. The second kappa shape index (κ2) is 5.38. The lowest BCUT2D eigenvalue weighted by Gasteiger charge is -2.34. The van der Waals surface area contributed by atoms with E-state index in [1.165, 1.54) is 18.2 Å². The average Bonchev–Trinajstić information content (AvgIpc) is 2.25. The van der Waals surface area contributed by atoms with Gasteiger partial charge in [0.1, 0.15) is 5.75 Å². The lowest BCUT2D eigenvalue weighted by molar-refractivity contribution is -0.272. The van der Waals surface area contributed by atoms with Crippen LogP contribution in [-0.2, 0) is 5.60 Å². The molecular weight excluding hydrogens is 259 g/mol. The van der Waals surface area contributed by atoms with E-state index in [0.717, 1.165) is 13.0 Å². The van der Waals surface area contributed by atoms with Crippen LogP contribution >= 0.6 is 0 Å². The molecular formula is C13H18F3NO2. The van der Waals surface area contributed by atoms with Gasteiger partial charge in [-0.2, -0.15) is 13.2 Å². The van der Waals surface area contributed by atoms with Crippen LogP contribution in [0.2, 0.25) is 0 Å². The molecule has 0 aliphatic heterocycles. The van der Waals surface area contributed by atoms with Gasteiger partial charge in [0.15, 0.2) is 0 Å². The smallest absolute Gasteiger partial charge is 0.422 e. The van der Waals surface area contributed by atoms with Gasteiger partial charge in [-0.25, -0.2) is 0 Å². The summed E-state index contributed by atoms with van der Waals surface area (Å²) >= 11 is 0. The van der Waals surface area contributed by atoms with Crippen LogP contribution in [0.15, 0.2) is 24.3 Å². The highest BCUT2D eigenvalue weighted by Crippen LogP contribution is 2.41. The van der Waals surface area contributed by atoms with E-state index in [2.05, 4.69) is 0 Å². The first-order chi connectivity index (χ1) is 8.59. The normalized spacial score (nSPS) is 17.1. The fourth-order valence-electron chi connectivity index (χ4n) is 1.76. The fourth-order valence-corrected chi connectivity index (χ4v) is 1.76. The Balaban J connectivity index is 3.25. The second-order valence-electron chi connectivity index (χ2n) is 4.75. The predicted octanol–water partition coefficient (Wildman–Crippen LogP) is 2.57. The predicted molar refractivity (Wildman–Crippen MR) is 65.8 cm³/mol. The Morgan fingerprint density at radius 3 is 2.21 bits per heavy atom. The minimum absolute atomic E-state index is 0.176. The van der Waals surface area contributed by atoms with Gasteiger partial charge in [0.2, 0.25) is 5.60 Å². The number of ether oxygens (including phenoxy) is 1. The number of benzene rings is 1. The number of hydrogen-bond donors (Lipinski definition) is 2. The number of nitrogens with two attached hydrogens (primary N) is 1. The van der Waals surface area contributed by atoms with Crippen LogP contribution in [0.1, 0.15) is 26.3 Å². The first-order valence-electron chi connectivity index (χ1n) is 5.91. The number of aliphatic hydroxyl groups is 1. The van der Waals surface area contributed by atoms with Crippen LogP contribution in [0, 0.1) is 0 Å². The molecule has 0 bridgehead atoms. The molecule has 19 heavy (non-hydrogen) atoms. The van der Waals surface area contributed by atoms with Gasteiger partial charge in [-0.15, -0.1) is 0 Å². The molecule has 2 atom stereocenters. The molecule has 1 rings (SSSR count). The Morgan fingerprint density at radius 2 is 1.79 bits per heavy atom. The summed E-state index contributed by atoms with van der Waals surface area (Å²) in [5.41, 5.74) is 1.91. The van der Waals surface area contributed by atoms with Crippen molar-refractivity contribution in [2.45, 2.75) is 44.7 Å². The van der Waals surface area contributed by atoms with Crippen molar-refractivity contribution in [1.29, 1.82) is 0 Å². The van der Waals surface area contributed by atoms with Gasteiger partial charge in [0.05, 0.1) is 6.10 Å². The molecule has 1 aromatic rings. The van der Waals surface area contributed by atoms with Crippen molar-refractivity contribution in [3.05, 3.63) is 29.8 Å². The minimum atomic E-state index is -4.86. The lowest BCUT2D eigenvalue weighted by Crippen LogP contribution is -2.54. The Hall–Kier alpha value is -1.27. The first-order valence-corrected chi connectivity index (χ1v) is 5.91. The fraction of sp³-hybridized carbons (Fsp3) is 0.538. The zero-order valence-corrected chi connectivity index (χ0v) is 11.0. The van der Waals surface area contributed by atoms with Gasteiger partial charge in [0, 0.05) is 6.04 Å². The van der Waals surface area contributed by atoms with Crippen LogP contribution in [0.25, 0.3) is 0 Å². The summed E-state index contributed by atoms with van der Waals surface area (Å²) in [6.45, 7) is 4.63. The van der Waals surface area contributed by atoms with E-state index in [1.807, 2.05) is 0 Å². The van der Waals surface area contributed by atoms with Gasteiger partial charge in [-0.05, 0) is 38.5 Å². The van der Waals surface area contributed by atoms with Crippen molar-refractivity contribution >= 4 is 0 Å². The maximum absolute atomic E-state index is 13.1. The van der Waals surface area contributed by atoms with Crippen molar-refractivity contribution in [3.63, 3.8) is 0 Å². The van der Waals surface area contributed by atoms with Gasteiger partial charge < -0.3 is 15.6 Å². The lowest BCUT2D eigenvalue weighted by atomic mass is 9.87. The van der Waals surface area contributed by atoms with Gasteiger partial charge in [0.25, 0.3) is 0 Å². The number of hydrogen-bond acceptors (Lipinski definition) is 3. The van der Waals surface area contributed by atoms with E-state index in [4.69, 9.17) is 10.5 Å². The Labute approximate surface area is 110 Å². The highest BCUT2D eigenvalue weighted by Gasteiger charge is 2.57. The van der Waals surface area contributed by atoms with Crippen LogP contribution in [0.4, 0.5) is 13.2 Å². The van der Waals surface area contributed by atoms with Crippen molar-refractivity contribution < 1.29 is 23.0 Å². The van der Waals surface area contributed by atoms with E-state index >= 15 is 0 Å². The Kier molecular flexibility index (Phi) is 4.47. The molecule has 0 aromatic heterocycles. The molecule has 0 spiro atoms. The molecule has 1 aromatic carbocycles. The van der Waals surface area contributed by atoms with Crippen LogP contribution in [-0.4, -0.2) is 23.4 Å². The zero-order valence-electron chi connectivity index (χ0n) is 11.0. The standard InChI is InChI=1S/C13H18F3NO2/c1-8(2)19-11-6-4-5-10(7-11)12(18,9(3)17)13(14,15)16/h4-9,18H,17H2,1-3H3. The Bertz CT molecular complexity index is 432. The summed E-state index contributed by atoms with van der Waals surface area (Å²) in [7, 11) is 0. The molecule has 0 heterocycles. The molecule has 0 amide bonds. The monoisotopic (exact) mass is 277 g/mol. The van der Waals surface area contributed by atoms with Gasteiger partial charge >= 0.3 is 6.18 Å². The van der Waals surface area contributed by atoms with Gasteiger partial charge in [-0.1, -0.05) is 12.1 Å². The molecule has 6 heteroatoms. The number of rotatable bonds is 4. The molecule has 2 unspecified atom stereocenters. The molecule has 3 nitrogen and oxygen atoms in total. The van der Waals surface area contributed by atoms with Crippen LogP contribution < -0.4 is 10.5 Å². The SMILES string of the molecule is CC(C)Oc1cccc(C(O)(C(C)N)C(F)(F)F)c1. The maximum atomic E-state index is 13.1. The van der Waals surface area contributed by atoms with E-state index in [-0.39, 0.29) is 17.4 Å². The third-order valence-corrected chi connectivity index (χ3v) is 2.74. The van der Waals surface area contributed by atoms with Crippen molar-refractivity contribution in [2.24, 2.45) is 5.73 Å². The summed E-state index contributed by atoms with van der Waals surface area (Å²) in [5.74, 6) is 0.260. The number of halogens is 3. The van der Waals surface area contributed by atoms with Gasteiger partial charge in [-0.3, -0.25) is 0 Å². The van der Waals surface area contributed by atoms with Crippen molar-refractivity contribution in [1.82, 2.24) is 0 Å². The molecule has 0 fully saturated rings. The van der Waals surface area contributed by atoms with E-state index in [1.54, 1.807) is 13.8 Å². The maximum Gasteiger partial charge on any atom is 0.422 e. The molecule has 0 saturated carbocycles. The summed E-state index contributed by atoms with van der Waals surface area (Å²) < 4.78 is 44.5. The molecule has 0 aliphatic carbocycles. The molecule has 0 radical (unpaired) electrons. The third-order valence-electron chi connectivity index (χ3n) is 2.74. The molecule has 0 aliphatic rings. The highest BCUT2D eigenvalue weighted by atomic mass is 19.4. The van der Waals surface area contributed by atoms with Crippen LogP contribution in [0.3, 0.4) is 0 Å². The quantitative estimate of drug-likeness (QED) is 0.889. The largest absolute Gasteiger partial charge is 0.491 e. The second-order valence-corrected chi connectivity index (χ2v) is 4.75. The third kappa shape index (κ3) is 3.19. The van der Waals surface area contributed by atoms with E-state index in [9.17, 15) is 18.3 Å². The summed E-state index contributed by atoms with van der Waals surface area (Å²) in [6, 6.07) is 3.77. The van der Waals surface area contributed by atoms with Crippen molar-refractivity contribution in [2.75, 3.05) is 0 Å². The summed E-state index contributed by atoms with van der Waals surface area (Å²) in [6.07, 6.45) is -5.04. The Morgan fingerprint density at radius 1 is 1.21 bits per heavy atom. The van der Waals surface area contributed by atoms with Crippen molar-refractivity contribution in [3.8, 4) is 5.75 Å². The van der Waals surface area contributed by atoms with Crippen LogP contribution in [0.5, 0.6) is 5.75 Å². The zero-order chi connectivity index (χ0) is 14.8. The van der Waals surface area contributed by atoms with E-state index < -0.39 is 17.8 Å². The molecule has 108 valence electrons. The highest BCUT2D eigenvalue weighted by molar-refractivity contribution is 5.34. The minimum Gasteiger partial charge on any atom is -0.491 e. The van der Waals surface area contributed by atoms with E-state index in [0.29, 0.717) is 0 Å². The first kappa shape index (κ1) is 15.8. The summed E-state index contributed by atoms with van der Waals surface area (Å²) in [5, 5.41) is 9.95. The average molecular weight is 277 g/mol. The topological polar surface area (TPSA) is 55.5 Å².